The predicted molar refractivity (Wildman–Crippen MR) is 71.2 cm³/mol. The van der Waals surface area contributed by atoms with Crippen LogP contribution in [0.5, 0.6) is 5.75 Å². The smallest absolute Gasteiger partial charge is 0.150 e. The summed E-state index contributed by atoms with van der Waals surface area (Å²) in [6.45, 7) is 2.76. The Morgan fingerprint density at radius 2 is 2.06 bits per heavy atom. The van der Waals surface area contributed by atoms with E-state index in [9.17, 15) is 4.79 Å². The zero-order valence-corrected chi connectivity index (χ0v) is 10.3. The van der Waals surface area contributed by atoms with Gasteiger partial charge in [0.05, 0.1) is 6.61 Å². The van der Waals surface area contributed by atoms with Crippen molar-refractivity contribution in [1.82, 2.24) is 0 Å². The van der Waals surface area contributed by atoms with Crippen molar-refractivity contribution in [3.05, 3.63) is 53.1 Å². The maximum atomic E-state index is 11.2. The number of rotatable bonds is 2. The Morgan fingerprint density at radius 1 is 1.17 bits per heavy atom. The molecular weight excluding hydrogens is 224 g/mol. The normalized spacial score (nSPS) is 12.9. The van der Waals surface area contributed by atoms with Crippen molar-refractivity contribution in [2.45, 2.75) is 13.3 Å². The molecule has 0 aromatic heterocycles. The van der Waals surface area contributed by atoms with E-state index in [4.69, 9.17) is 4.74 Å². The largest absolute Gasteiger partial charge is 0.492 e. The molecule has 1 aliphatic rings. The number of aryl methyl sites for hydroxylation is 1. The summed E-state index contributed by atoms with van der Waals surface area (Å²) >= 11 is 0. The van der Waals surface area contributed by atoms with Crippen molar-refractivity contribution < 1.29 is 9.53 Å². The summed E-state index contributed by atoms with van der Waals surface area (Å²) in [5.74, 6) is 0.936. The van der Waals surface area contributed by atoms with Crippen LogP contribution in [-0.4, -0.2) is 12.9 Å². The van der Waals surface area contributed by atoms with Crippen LogP contribution in [-0.2, 0) is 6.42 Å². The quantitative estimate of drug-likeness (QED) is 0.749. The van der Waals surface area contributed by atoms with Crippen molar-refractivity contribution in [3.8, 4) is 16.9 Å². The van der Waals surface area contributed by atoms with Gasteiger partial charge in [0.25, 0.3) is 0 Å². The topological polar surface area (TPSA) is 26.3 Å². The van der Waals surface area contributed by atoms with E-state index in [-0.39, 0.29) is 0 Å². The number of para-hydroxylation sites is 1. The monoisotopic (exact) mass is 238 g/mol. The highest BCUT2D eigenvalue weighted by atomic mass is 16.5. The van der Waals surface area contributed by atoms with Gasteiger partial charge in [0.15, 0.2) is 6.29 Å². The van der Waals surface area contributed by atoms with E-state index in [2.05, 4.69) is 6.07 Å². The van der Waals surface area contributed by atoms with Gasteiger partial charge >= 0.3 is 0 Å². The van der Waals surface area contributed by atoms with Gasteiger partial charge in [-0.05, 0) is 18.1 Å². The molecule has 2 nitrogen and oxygen atoms in total. The Balaban J connectivity index is 2.24. The van der Waals surface area contributed by atoms with E-state index in [1.165, 1.54) is 5.56 Å². The molecule has 0 spiro atoms. The van der Waals surface area contributed by atoms with E-state index in [1.807, 2.05) is 37.3 Å². The second-order valence-electron chi connectivity index (χ2n) is 4.60. The maximum absolute atomic E-state index is 11.2. The lowest BCUT2D eigenvalue weighted by Gasteiger charge is -2.11. The summed E-state index contributed by atoms with van der Waals surface area (Å²) in [5, 5.41) is 0. The second kappa shape index (κ2) is 4.30. The number of fused-ring (bicyclic) bond motifs is 1. The van der Waals surface area contributed by atoms with Gasteiger partial charge < -0.3 is 4.74 Å². The van der Waals surface area contributed by atoms with Crippen LogP contribution in [0.3, 0.4) is 0 Å². The van der Waals surface area contributed by atoms with Gasteiger partial charge in [-0.3, -0.25) is 4.79 Å². The second-order valence-corrected chi connectivity index (χ2v) is 4.60. The van der Waals surface area contributed by atoms with Gasteiger partial charge in [0, 0.05) is 17.5 Å². The Kier molecular flexibility index (Phi) is 2.63. The summed E-state index contributed by atoms with van der Waals surface area (Å²) in [6, 6.07) is 12.0. The van der Waals surface area contributed by atoms with Crippen LogP contribution < -0.4 is 4.74 Å². The van der Waals surface area contributed by atoms with Crippen LogP contribution in [0.4, 0.5) is 0 Å². The van der Waals surface area contributed by atoms with E-state index < -0.39 is 0 Å². The first-order valence-corrected chi connectivity index (χ1v) is 6.10. The number of hydrogen-bond donors (Lipinski definition) is 0. The van der Waals surface area contributed by atoms with Crippen LogP contribution in [0, 0.1) is 6.92 Å². The minimum atomic E-state index is 0.713. The Bertz CT molecular complexity index is 614. The Labute approximate surface area is 106 Å². The first-order chi connectivity index (χ1) is 8.79. The van der Waals surface area contributed by atoms with Crippen molar-refractivity contribution in [3.63, 3.8) is 0 Å². The molecule has 90 valence electrons. The van der Waals surface area contributed by atoms with Crippen molar-refractivity contribution in [1.29, 1.82) is 0 Å². The molecule has 18 heavy (non-hydrogen) atoms. The number of carbonyl (C=O) groups is 1. The lowest BCUT2D eigenvalue weighted by atomic mass is 9.96. The summed E-state index contributed by atoms with van der Waals surface area (Å²) in [5.41, 5.74) is 5.07. The van der Waals surface area contributed by atoms with Crippen molar-refractivity contribution >= 4 is 6.29 Å². The minimum absolute atomic E-state index is 0.713. The van der Waals surface area contributed by atoms with Gasteiger partial charge in [-0.1, -0.05) is 42.0 Å². The number of ether oxygens (including phenoxy) is 1. The summed E-state index contributed by atoms with van der Waals surface area (Å²) in [4.78, 5) is 11.2. The van der Waals surface area contributed by atoms with Crippen molar-refractivity contribution in [2.24, 2.45) is 0 Å². The average molecular weight is 238 g/mol. The molecule has 0 unspecified atom stereocenters. The lowest BCUT2D eigenvalue weighted by Crippen LogP contribution is -1.92. The lowest BCUT2D eigenvalue weighted by molar-refractivity contribution is 0.112. The van der Waals surface area contributed by atoms with Gasteiger partial charge in [-0.2, -0.15) is 0 Å². The van der Waals surface area contributed by atoms with Gasteiger partial charge in [0.2, 0.25) is 0 Å². The Hall–Kier alpha value is -2.09. The average Bonchev–Trinajstić information content (AvgIpc) is 2.86. The molecule has 2 aromatic carbocycles. The summed E-state index contributed by atoms with van der Waals surface area (Å²) in [6.07, 6.45) is 1.86. The molecule has 2 heteroatoms. The van der Waals surface area contributed by atoms with E-state index >= 15 is 0 Å². The maximum Gasteiger partial charge on any atom is 0.150 e. The zero-order chi connectivity index (χ0) is 12.5. The standard InChI is InChI=1S/C16H14O2/c1-11-5-6-13(10-17)15(9-11)14-4-2-3-12-7-8-18-16(12)14/h2-6,9-10H,7-8H2,1H3. The third-order valence-electron chi connectivity index (χ3n) is 3.34. The fourth-order valence-corrected chi connectivity index (χ4v) is 2.43. The number of aldehydes is 1. The fourth-order valence-electron chi connectivity index (χ4n) is 2.43. The number of benzene rings is 2. The highest BCUT2D eigenvalue weighted by molar-refractivity contribution is 5.90. The molecule has 0 saturated heterocycles. The van der Waals surface area contributed by atoms with Crippen LogP contribution >= 0.6 is 0 Å². The molecule has 1 aliphatic heterocycles. The molecular formula is C16H14O2. The van der Waals surface area contributed by atoms with Gasteiger partial charge in [-0.15, -0.1) is 0 Å². The third-order valence-corrected chi connectivity index (χ3v) is 3.34. The van der Waals surface area contributed by atoms with Crippen LogP contribution in [0.2, 0.25) is 0 Å². The molecule has 0 radical (unpaired) electrons. The highest BCUT2D eigenvalue weighted by Gasteiger charge is 2.18. The predicted octanol–water partition coefficient (Wildman–Crippen LogP) is 3.41. The molecule has 0 atom stereocenters. The molecule has 1 heterocycles. The van der Waals surface area contributed by atoms with E-state index in [0.29, 0.717) is 5.56 Å². The summed E-state index contributed by atoms with van der Waals surface area (Å²) in [7, 11) is 0. The number of hydrogen-bond acceptors (Lipinski definition) is 2. The SMILES string of the molecule is Cc1ccc(C=O)c(-c2cccc3c2OCC3)c1. The molecule has 0 saturated carbocycles. The molecule has 0 aliphatic carbocycles. The van der Waals surface area contributed by atoms with Gasteiger partial charge in [0.1, 0.15) is 5.75 Å². The highest BCUT2D eigenvalue weighted by Crippen LogP contribution is 2.38. The molecule has 2 aromatic rings. The van der Waals surface area contributed by atoms with Gasteiger partial charge in [-0.25, -0.2) is 0 Å². The zero-order valence-electron chi connectivity index (χ0n) is 10.3. The molecule has 0 amide bonds. The van der Waals surface area contributed by atoms with Crippen LogP contribution in [0.1, 0.15) is 21.5 Å². The first-order valence-electron chi connectivity index (χ1n) is 6.10. The van der Waals surface area contributed by atoms with E-state index in [1.54, 1.807) is 0 Å². The molecule has 0 fully saturated rings. The van der Waals surface area contributed by atoms with Crippen LogP contribution in [0.25, 0.3) is 11.1 Å². The molecule has 0 bridgehead atoms. The Morgan fingerprint density at radius 3 is 2.89 bits per heavy atom. The summed E-state index contributed by atoms with van der Waals surface area (Å²) < 4.78 is 5.71. The number of carbonyl (C=O) groups excluding carboxylic acids is 1. The van der Waals surface area contributed by atoms with Crippen LogP contribution in [0.15, 0.2) is 36.4 Å². The molecule has 0 N–H and O–H groups in total. The fraction of sp³-hybridized carbons (Fsp3) is 0.188. The molecule has 3 rings (SSSR count). The first kappa shape index (κ1) is 11.0. The minimum Gasteiger partial charge on any atom is -0.492 e. The third kappa shape index (κ3) is 1.70. The van der Waals surface area contributed by atoms with E-state index in [0.717, 1.165) is 41.8 Å². The van der Waals surface area contributed by atoms with Crippen molar-refractivity contribution in [2.75, 3.05) is 6.61 Å².